The molecule has 1 aliphatic heterocycles. The van der Waals surface area contributed by atoms with E-state index in [1.807, 2.05) is 6.92 Å². The Hall–Kier alpha value is 0.0700. The van der Waals surface area contributed by atoms with E-state index in [-0.39, 0.29) is 18.0 Å². The van der Waals surface area contributed by atoms with Crippen LogP contribution in [0.1, 0.15) is 6.92 Å². The smallest absolute Gasteiger partial charge is 0.168 e. The van der Waals surface area contributed by atoms with E-state index in [9.17, 15) is 4.79 Å². The maximum atomic E-state index is 10.7. The normalized spacial score (nSPS) is 28.5. The molecule has 1 unspecified atom stereocenters. The molecule has 1 atom stereocenters. The third kappa shape index (κ3) is 3.31. The number of hydrogen-bond donors (Lipinski definition) is 0. The van der Waals surface area contributed by atoms with E-state index in [4.69, 9.17) is 9.47 Å². The Kier molecular flexibility index (Phi) is 3.04. The van der Waals surface area contributed by atoms with Crippen molar-refractivity contribution in [1.29, 1.82) is 0 Å². The zero-order chi connectivity index (χ0) is 8.32. The molecule has 0 aromatic rings. The van der Waals surface area contributed by atoms with Crippen LogP contribution in [0.4, 0.5) is 0 Å². The van der Waals surface area contributed by atoms with E-state index in [1.165, 1.54) is 0 Å². The largest absolute Gasteiger partial charge is 0.371 e. The highest BCUT2D eigenvalue weighted by Crippen LogP contribution is 2.25. The van der Waals surface area contributed by atoms with Crippen molar-refractivity contribution in [3.05, 3.63) is 0 Å². The first-order chi connectivity index (χ1) is 5.16. The summed E-state index contributed by atoms with van der Waals surface area (Å²) >= 11 is 3.05. The molecule has 0 aromatic carbocycles. The molecule has 0 aliphatic carbocycles. The minimum absolute atomic E-state index is 0.0641. The molecule has 0 spiro atoms. The first-order valence-corrected chi connectivity index (χ1v) is 4.58. The number of halogens is 1. The first kappa shape index (κ1) is 9.16. The quantitative estimate of drug-likeness (QED) is 0.510. The summed E-state index contributed by atoms with van der Waals surface area (Å²) in [6.07, 6.45) is 0. The molecule has 1 heterocycles. The van der Waals surface area contributed by atoms with Crippen LogP contribution in [0.15, 0.2) is 0 Å². The first-order valence-electron chi connectivity index (χ1n) is 3.46. The van der Waals surface area contributed by atoms with E-state index in [2.05, 4.69) is 15.9 Å². The summed E-state index contributed by atoms with van der Waals surface area (Å²) in [5.41, 5.74) is -0.105. The molecule has 0 bridgehead atoms. The van der Waals surface area contributed by atoms with Gasteiger partial charge in [-0.05, 0) is 6.92 Å². The van der Waals surface area contributed by atoms with Gasteiger partial charge in [0.05, 0.1) is 18.5 Å². The maximum Gasteiger partial charge on any atom is 0.168 e. The van der Waals surface area contributed by atoms with Crippen molar-refractivity contribution in [3.63, 3.8) is 0 Å². The van der Waals surface area contributed by atoms with Gasteiger partial charge in [-0.1, -0.05) is 15.9 Å². The molecule has 1 rings (SSSR count). The number of carbonyl (C=O) groups is 1. The van der Waals surface area contributed by atoms with Crippen LogP contribution in [0.2, 0.25) is 0 Å². The average molecular weight is 223 g/mol. The summed E-state index contributed by atoms with van der Waals surface area (Å²) in [7, 11) is 0. The highest BCUT2D eigenvalue weighted by atomic mass is 79.9. The summed E-state index contributed by atoms with van der Waals surface area (Å²) in [5, 5.41) is 0.366. The third-order valence-corrected chi connectivity index (χ3v) is 2.08. The standard InChI is InChI=1S/C7H11BrO3/c1-7(5-11-7)4-10-3-6(9)2-8/h2-5H2,1H3. The van der Waals surface area contributed by atoms with Gasteiger partial charge < -0.3 is 9.47 Å². The van der Waals surface area contributed by atoms with Gasteiger partial charge in [0.25, 0.3) is 0 Å². The molecule has 0 amide bonds. The van der Waals surface area contributed by atoms with Gasteiger partial charge in [-0.15, -0.1) is 0 Å². The molecule has 0 radical (unpaired) electrons. The number of Topliss-reactive ketones (excluding diaryl/α,β-unsaturated/α-hetero) is 1. The van der Waals surface area contributed by atoms with Gasteiger partial charge in [-0.25, -0.2) is 0 Å². The Labute approximate surface area is 74.2 Å². The van der Waals surface area contributed by atoms with Crippen LogP contribution in [0.25, 0.3) is 0 Å². The number of rotatable bonds is 5. The van der Waals surface area contributed by atoms with Crippen LogP contribution < -0.4 is 0 Å². The summed E-state index contributed by atoms with van der Waals surface area (Å²) in [5.74, 6) is 0.0641. The summed E-state index contributed by atoms with van der Waals surface area (Å²) in [6, 6.07) is 0. The lowest BCUT2D eigenvalue weighted by Crippen LogP contribution is -2.19. The average Bonchev–Trinajstić information content (AvgIpc) is 2.68. The fraction of sp³-hybridized carbons (Fsp3) is 0.857. The van der Waals surface area contributed by atoms with Crippen LogP contribution in [0.5, 0.6) is 0 Å². The van der Waals surface area contributed by atoms with Gasteiger partial charge in [0.15, 0.2) is 5.78 Å². The monoisotopic (exact) mass is 222 g/mol. The topological polar surface area (TPSA) is 38.8 Å². The van der Waals surface area contributed by atoms with E-state index >= 15 is 0 Å². The molecule has 1 saturated heterocycles. The van der Waals surface area contributed by atoms with Crippen molar-refractivity contribution >= 4 is 21.7 Å². The summed E-state index contributed by atoms with van der Waals surface area (Å²) in [6.45, 7) is 3.41. The van der Waals surface area contributed by atoms with Crippen molar-refractivity contribution in [2.75, 3.05) is 25.2 Å². The molecule has 11 heavy (non-hydrogen) atoms. The van der Waals surface area contributed by atoms with Gasteiger partial charge in [-0.3, -0.25) is 4.79 Å². The zero-order valence-electron chi connectivity index (χ0n) is 6.43. The molecule has 0 aromatic heterocycles. The molecular weight excluding hydrogens is 212 g/mol. The number of carbonyl (C=O) groups excluding carboxylic acids is 1. The van der Waals surface area contributed by atoms with Crippen molar-refractivity contribution in [2.45, 2.75) is 12.5 Å². The van der Waals surface area contributed by atoms with Gasteiger partial charge in [0.2, 0.25) is 0 Å². The molecule has 64 valence electrons. The van der Waals surface area contributed by atoms with Crippen LogP contribution >= 0.6 is 15.9 Å². The maximum absolute atomic E-state index is 10.7. The predicted octanol–water partition coefficient (Wildman–Crippen LogP) is 0.756. The Bertz CT molecular complexity index is 154. The lowest BCUT2D eigenvalue weighted by atomic mass is 10.2. The van der Waals surface area contributed by atoms with Gasteiger partial charge in [-0.2, -0.15) is 0 Å². The van der Waals surface area contributed by atoms with E-state index in [0.717, 1.165) is 6.61 Å². The zero-order valence-corrected chi connectivity index (χ0v) is 8.02. The lowest BCUT2D eigenvalue weighted by molar-refractivity contribution is -0.121. The lowest BCUT2D eigenvalue weighted by Gasteiger charge is -2.04. The molecule has 0 saturated carbocycles. The van der Waals surface area contributed by atoms with Crippen LogP contribution in [0.3, 0.4) is 0 Å². The Balaban J connectivity index is 2.00. The second kappa shape index (κ2) is 3.65. The van der Waals surface area contributed by atoms with Crippen molar-refractivity contribution in [3.8, 4) is 0 Å². The highest BCUT2D eigenvalue weighted by Gasteiger charge is 2.39. The Morgan fingerprint density at radius 2 is 2.45 bits per heavy atom. The van der Waals surface area contributed by atoms with E-state index in [0.29, 0.717) is 11.9 Å². The molecule has 0 N–H and O–H groups in total. The van der Waals surface area contributed by atoms with Crippen LogP contribution in [-0.2, 0) is 14.3 Å². The van der Waals surface area contributed by atoms with E-state index < -0.39 is 0 Å². The minimum atomic E-state index is -0.105. The van der Waals surface area contributed by atoms with E-state index in [1.54, 1.807) is 0 Å². The molecular formula is C7H11BrO3. The third-order valence-electron chi connectivity index (χ3n) is 1.46. The molecule has 3 nitrogen and oxygen atoms in total. The van der Waals surface area contributed by atoms with Gasteiger partial charge in [0, 0.05) is 0 Å². The fourth-order valence-corrected chi connectivity index (χ4v) is 0.788. The highest BCUT2D eigenvalue weighted by molar-refractivity contribution is 9.09. The number of epoxide rings is 1. The van der Waals surface area contributed by atoms with Crippen molar-refractivity contribution < 1.29 is 14.3 Å². The summed E-state index contributed by atoms with van der Waals surface area (Å²) in [4.78, 5) is 10.7. The Morgan fingerprint density at radius 1 is 1.82 bits per heavy atom. The second-order valence-corrected chi connectivity index (χ2v) is 3.46. The SMILES string of the molecule is CC1(COCC(=O)CBr)CO1. The van der Waals surface area contributed by atoms with Gasteiger partial charge in [0.1, 0.15) is 12.2 Å². The number of ketones is 1. The number of alkyl halides is 1. The van der Waals surface area contributed by atoms with Crippen molar-refractivity contribution in [1.82, 2.24) is 0 Å². The minimum Gasteiger partial charge on any atom is -0.371 e. The fourth-order valence-electron chi connectivity index (χ4n) is 0.626. The van der Waals surface area contributed by atoms with Crippen LogP contribution in [-0.4, -0.2) is 36.5 Å². The van der Waals surface area contributed by atoms with Gasteiger partial charge >= 0.3 is 0 Å². The Morgan fingerprint density at radius 3 is 2.91 bits per heavy atom. The summed E-state index contributed by atoms with van der Waals surface area (Å²) < 4.78 is 10.2. The predicted molar refractivity (Wildman–Crippen MR) is 44.0 cm³/mol. The molecule has 1 fully saturated rings. The number of hydrogen-bond acceptors (Lipinski definition) is 3. The van der Waals surface area contributed by atoms with Crippen molar-refractivity contribution in [2.24, 2.45) is 0 Å². The van der Waals surface area contributed by atoms with Crippen LogP contribution in [0, 0.1) is 0 Å². The molecule has 4 heteroatoms. The second-order valence-electron chi connectivity index (χ2n) is 2.90. The number of ether oxygens (including phenoxy) is 2. The molecule has 1 aliphatic rings.